The molecule has 0 radical (unpaired) electrons. The number of amides is 1. The molecule has 0 bridgehead atoms. The molecule has 2 aromatic rings. The van der Waals surface area contributed by atoms with Gasteiger partial charge in [-0.25, -0.2) is 4.39 Å². The number of halogens is 1. The van der Waals surface area contributed by atoms with Crippen LogP contribution >= 0.6 is 11.3 Å². The molecule has 0 N–H and O–H groups in total. The third kappa shape index (κ3) is 4.34. The summed E-state index contributed by atoms with van der Waals surface area (Å²) in [6, 6.07) is 8.58. The maximum Gasteiger partial charge on any atom is 0.222 e. The molecule has 5 heteroatoms. The van der Waals surface area contributed by atoms with Crippen molar-refractivity contribution in [1.82, 2.24) is 4.90 Å². The molecular weight excluding hydrogens is 337 g/mol. The number of rotatable bonds is 5. The van der Waals surface area contributed by atoms with Gasteiger partial charge < -0.3 is 4.90 Å². The van der Waals surface area contributed by atoms with Crippen molar-refractivity contribution in [1.29, 1.82) is 0 Å². The molecule has 25 heavy (non-hydrogen) atoms. The van der Waals surface area contributed by atoms with Gasteiger partial charge in [-0.05, 0) is 61.4 Å². The highest BCUT2D eigenvalue weighted by molar-refractivity contribution is 7.09. The highest BCUT2D eigenvalue weighted by atomic mass is 32.1. The van der Waals surface area contributed by atoms with Crippen LogP contribution in [-0.2, 0) is 11.2 Å². The minimum Gasteiger partial charge on any atom is -0.343 e. The molecule has 3 rings (SSSR count). The molecule has 0 spiro atoms. The number of ketones is 1. The highest BCUT2D eigenvalue weighted by Crippen LogP contribution is 2.23. The van der Waals surface area contributed by atoms with Crippen molar-refractivity contribution in [3.63, 3.8) is 0 Å². The molecule has 132 valence electrons. The van der Waals surface area contributed by atoms with Gasteiger partial charge in [0.25, 0.3) is 0 Å². The lowest BCUT2D eigenvalue weighted by atomic mass is 9.88. The number of hydrogen-bond donors (Lipinski definition) is 0. The van der Waals surface area contributed by atoms with Gasteiger partial charge in [-0.3, -0.25) is 9.59 Å². The lowest BCUT2D eigenvalue weighted by molar-refractivity contribution is -0.132. The zero-order valence-electron chi connectivity index (χ0n) is 14.3. The first-order valence-electron chi connectivity index (χ1n) is 8.65. The first-order valence-corrected chi connectivity index (χ1v) is 9.53. The summed E-state index contributed by atoms with van der Waals surface area (Å²) in [5.74, 6) is -0.139. The zero-order chi connectivity index (χ0) is 17.8. The topological polar surface area (TPSA) is 37.4 Å². The van der Waals surface area contributed by atoms with Crippen molar-refractivity contribution in [2.24, 2.45) is 5.92 Å². The van der Waals surface area contributed by atoms with Gasteiger partial charge in [0.15, 0.2) is 5.78 Å². The summed E-state index contributed by atoms with van der Waals surface area (Å²) < 4.78 is 13.4. The summed E-state index contributed by atoms with van der Waals surface area (Å²) in [6.45, 7) is 2.92. The Bertz CT molecular complexity index is 749. The summed E-state index contributed by atoms with van der Waals surface area (Å²) in [7, 11) is 0. The molecule has 1 fully saturated rings. The number of Topliss-reactive ketones (excluding diaryl/α,β-unsaturated/α-hetero) is 1. The van der Waals surface area contributed by atoms with Crippen molar-refractivity contribution in [3.05, 3.63) is 57.5 Å². The minimum atomic E-state index is -0.289. The molecule has 0 unspecified atom stereocenters. The second-order valence-electron chi connectivity index (χ2n) is 6.56. The predicted molar refractivity (Wildman–Crippen MR) is 97.4 cm³/mol. The van der Waals surface area contributed by atoms with Crippen molar-refractivity contribution in [2.45, 2.75) is 32.6 Å². The van der Waals surface area contributed by atoms with Crippen LogP contribution in [0.5, 0.6) is 0 Å². The molecular formula is C20H22FNO2S. The van der Waals surface area contributed by atoms with Crippen molar-refractivity contribution < 1.29 is 14.0 Å². The summed E-state index contributed by atoms with van der Waals surface area (Å²) in [5, 5.41) is 2.02. The second kappa shape index (κ2) is 7.91. The van der Waals surface area contributed by atoms with Crippen LogP contribution in [-0.4, -0.2) is 29.7 Å². The van der Waals surface area contributed by atoms with Crippen molar-refractivity contribution >= 4 is 23.0 Å². The van der Waals surface area contributed by atoms with Gasteiger partial charge in [0.1, 0.15) is 5.82 Å². The van der Waals surface area contributed by atoms with Gasteiger partial charge in [0.2, 0.25) is 5.91 Å². The highest BCUT2D eigenvalue weighted by Gasteiger charge is 2.28. The smallest absolute Gasteiger partial charge is 0.222 e. The van der Waals surface area contributed by atoms with E-state index in [-0.39, 0.29) is 23.4 Å². The molecule has 2 heterocycles. The van der Waals surface area contributed by atoms with Crippen LogP contribution in [0.3, 0.4) is 0 Å². The van der Waals surface area contributed by atoms with Crippen LogP contribution in [0.25, 0.3) is 0 Å². The number of piperidine rings is 1. The fourth-order valence-electron chi connectivity index (χ4n) is 3.27. The first-order chi connectivity index (χ1) is 12.0. The van der Waals surface area contributed by atoms with Gasteiger partial charge in [0.05, 0.1) is 0 Å². The Morgan fingerprint density at radius 3 is 2.64 bits per heavy atom. The number of carbonyl (C=O) groups is 2. The Morgan fingerprint density at radius 1 is 1.24 bits per heavy atom. The fraction of sp³-hybridized carbons (Fsp3) is 0.400. The Hall–Kier alpha value is -2.01. The van der Waals surface area contributed by atoms with Gasteiger partial charge in [-0.15, -0.1) is 11.3 Å². The molecule has 0 atom stereocenters. The molecule has 1 saturated heterocycles. The van der Waals surface area contributed by atoms with E-state index in [1.165, 1.54) is 10.9 Å². The van der Waals surface area contributed by atoms with Crippen molar-refractivity contribution in [2.75, 3.05) is 13.1 Å². The summed E-state index contributed by atoms with van der Waals surface area (Å²) >= 11 is 1.67. The van der Waals surface area contributed by atoms with E-state index in [0.717, 1.165) is 6.42 Å². The van der Waals surface area contributed by atoms with Crippen molar-refractivity contribution in [3.8, 4) is 0 Å². The Balaban J connectivity index is 1.51. The number of benzene rings is 1. The quantitative estimate of drug-likeness (QED) is 0.749. The summed E-state index contributed by atoms with van der Waals surface area (Å²) in [4.78, 5) is 28.0. The first kappa shape index (κ1) is 17.8. The zero-order valence-corrected chi connectivity index (χ0v) is 15.2. The van der Waals surface area contributed by atoms with E-state index < -0.39 is 0 Å². The van der Waals surface area contributed by atoms with Crippen LogP contribution in [0, 0.1) is 18.7 Å². The number of aryl methyl sites for hydroxylation is 2. The summed E-state index contributed by atoms with van der Waals surface area (Å²) in [6.07, 6.45) is 2.67. The van der Waals surface area contributed by atoms with E-state index in [2.05, 4.69) is 0 Å². The van der Waals surface area contributed by atoms with Crippen LogP contribution in [0.1, 0.15) is 40.1 Å². The predicted octanol–water partition coefficient (Wildman–Crippen LogP) is 4.25. The minimum absolute atomic E-state index is 0.0637. The lowest BCUT2D eigenvalue weighted by Crippen LogP contribution is -2.40. The third-order valence-corrected chi connectivity index (χ3v) is 5.76. The molecule has 1 aromatic heterocycles. The molecule has 1 aliphatic rings. The molecule has 3 nitrogen and oxygen atoms in total. The fourth-order valence-corrected chi connectivity index (χ4v) is 3.98. The lowest BCUT2D eigenvalue weighted by Gasteiger charge is -2.31. The van der Waals surface area contributed by atoms with Gasteiger partial charge in [-0.1, -0.05) is 6.07 Å². The van der Waals surface area contributed by atoms with E-state index in [1.807, 2.05) is 22.4 Å². The number of likely N-dealkylation sites (tertiary alicyclic amines) is 1. The van der Waals surface area contributed by atoms with Crippen LogP contribution in [0.2, 0.25) is 0 Å². The monoisotopic (exact) mass is 359 g/mol. The van der Waals surface area contributed by atoms with Crippen LogP contribution in [0.4, 0.5) is 4.39 Å². The maximum atomic E-state index is 13.4. The van der Waals surface area contributed by atoms with E-state index in [1.54, 1.807) is 30.4 Å². The number of nitrogens with zero attached hydrogens (tertiary/aromatic N) is 1. The number of carbonyl (C=O) groups excluding carboxylic acids is 2. The SMILES string of the molecule is Cc1cc(C(=O)C2CCN(C(=O)CCc3cccs3)CC2)ccc1F. The molecule has 0 aliphatic carbocycles. The molecule has 1 aromatic carbocycles. The third-order valence-electron chi connectivity index (χ3n) is 4.83. The average Bonchev–Trinajstić information content (AvgIpc) is 3.15. The Morgan fingerprint density at radius 2 is 2.00 bits per heavy atom. The maximum absolute atomic E-state index is 13.4. The van der Waals surface area contributed by atoms with Crippen LogP contribution < -0.4 is 0 Å². The standard InChI is InChI=1S/C20H22FNO2S/c1-14-13-16(4-6-18(14)21)20(24)15-8-10-22(11-9-15)19(23)7-5-17-3-2-12-25-17/h2-4,6,12-13,15H,5,7-11H2,1H3. The van der Waals surface area contributed by atoms with Gasteiger partial charge in [-0.2, -0.15) is 0 Å². The van der Waals surface area contributed by atoms with E-state index in [0.29, 0.717) is 43.5 Å². The average molecular weight is 359 g/mol. The number of hydrogen-bond acceptors (Lipinski definition) is 3. The van der Waals surface area contributed by atoms with Gasteiger partial charge in [0, 0.05) is 35.9 Å². The van der Waals surface area contributed by atoms with E-state index >= 15 is 0 Å². The Kier molecular flexibility index (Phi) is 5.63. The second-order valence-corrected chi connectivity index (χ2v) is 7.59. The Labute approximate surface area is 151 Å². The van der Waals surface area contributed by atoms with E-state index in [9.17, 15) is 14.0 Å². The number of thiophene rings is 1. The molecule has 1 aliphatic heterocycles. The molecule has 1 amide bonds. The van der Waals surface area contributed by atoms with Crippen LogP contribution in [0.15, 0.2) is 35.7 Å². The summed E-state index contributed by atoms with van der Waals surface area (Å²) in [5.41, 5.74) is 1.06. The normalized spacial score (nSPS) is 15.4. The van der Waals surface area contributed by atoms with Gasteiger partial charge >= 0.3 is 0 Å². The largest absolute Gasteiger partial charge is 0.343 e. The van der Waals surface area contributed by atoms with E-state index in [4.69, 9.17) is 0 Å². The molecule has 0 saturated carbocycles.